The third-order valence-corrected chi connectivity index (χ3v) is 5.19. The summed E-state index contributed by atoms with van der Waals surface area (Å²) >= 11 is 1.54. The number of carbonyl (C=O) groups excluding carboxylic acids is 1. The molecule has 4 heterocycles. The Morgan fingerprint density at radius 3 is 2.92 bits per heavy atom. The largest absolute Gasteiger partial charge is 0.368 e. The molecule has 0 aromatic carbocycles. The third-order valence-electron chi connectivity index (χ3n) is 4.50. The number of thiophene rings is 1. The monoisotopic (exact) mass is 344 g/mol. The van der Waals surface area contributed by atoms with E-state index in [1.807, 2.05) is 27.8 Å². The van der Waals surface area contributed by atoms with Crippen LogP contribution in [0.3, 0.4) is 0 Å². The van der Waals surface area contributed by atoms with Gasteiger partial charge < -0.3 is 14.5 Å². The predicted octanol–water partition coefficient (Wildman–Crippen LogP) is 2.35. The minimum atomic E-state index is -0.189. The highest BCUT2D eigenvalue weighted by Gasteiger charge is 2.28. The first-order valence-electron chi connectivity index (χ1n) is 8.32. The lowest BCUT2D eigenvalue weighted by molar-refractivity contribution is -0.0247. The van der Waals surface area contributed by atoms with Gasteiger partial charge in [0.25, 0.3) is 5.91 Å². The molecule has 0 spiro atoms. The molecule has 7 heteroatoms. The predicted molar refractivity (Wildman–Crippen MR) is 92.4 cm³/mol. The third kappa shape index (κ3) is 3.14. The summed E-state index contributed by atoms with van der Waals surface area (Å²) < 4.78 is 5.88. The summed E-state index contributed by atoms with van der Waals surface area (Å²) in [7, 11) is 0. The fourth-order valence-corrected chi connectivity index (χ4v) is 3.82. The molecule has 0 radical (unpaired) electrons. The fourth-order valence-electron chi connectivity index (χ4n) is 3.19. The van der Waals surface area contributed by atoms with Crippen molar-refractivity contribution in [3.63, 3.8) is 0 Å². The second-order valence-corrected chi connectivity index (χ2v) is 6.88. The van der Waals surface area contributed by atoms with Crippen LogP contribution in [0.1, 0.15) is 35.0 Å². The second-order valence-electron chi connectivity index (χ2n) is 6.10. The van der Waals surface area contributed by atoms with E-state index in [-0.39, 0.29) is 12.0 Å². The molecule has 2 aliphatic heterocycles. The summed E-state index contributed by atoms with van der Waals surface area (Å²) in [5.74, 6) is 0.841. The molecule has 0 bridgehead atoms. The van der Waals surface area contributed by atoms with Gasteiger partial charge in [0.15, 0.2) is 0 Å². The highest BCUT2D eigenvalue weighted by Crippen LogP contribution is 2.24. The number of ether oxygens (including phenoxy) is 1. The van der Waals surface area contributed by atoms with Gasteiger partial charge in [-0.3, -0.25) is 4.79 Å². The summed E-state index contributed by atoms with van der Waals surface area (Å²) in [6.45, 7) is 3.71. The van der Waals surface area contributed by atoms with Crippen LogP contribution in [0.25, 0.3) is 0 Å². The van der Waals surface area contributed by atoms with E-state index in [1.54, 1.807) is 17.5 Å². The molecule has 2 fully saturated rings. The van der Waals surface area contributed by atoms with Crippen LogP contribution in [0, 0.1) is 0 Å². The number of morpholine rings is 1. The standard InChI is InChI=1S/C17H20N4O2S/c22-16(13-4-10-24-12-13)21-8-9-23-15(11-21)14-3-5-18-17(19-14)20-6-1-2-7-20/h3-5,10,12,15H,1-2,6-9,11H2. The molecule has 0 N–H and O–H groups in total. The first-order chi connectivity index (χ1) is 11.8. The molecule has 1 atom stereocenters. The van der Waals surface area contributed by atoms with Crippen LogP contribution < -0.4 is 4.90 Å². The maximum atomic E-state index is 12.5. The van der Waals surface area contributed by atoms with E-state index in [1.165, 1.54) is 12.8 Å². The molecule has 1 unspecified atom stereocenters. The van der Waals surface area contributed by atoms with E-state index in [2.05, 4.69) is 14.9 Å². The molecule has 2 aromatic rings. The van der Waals surface area contributed by atoms with Crippen LogP contribution in [-0.2, 0) is 4.74 Å². The Kier molecular flexibility index (Phi) is 4.44. The second kappa shape index (κ2) is 6.86. The molecule has 1 amide bonds. The van der Waals surface area contributed by atoms with Crippen molar-refractivity contribution < 1.29 is 9.53 Å². The van der Waals surface area contributed by atoms with Gasteiger partial charge >= 0.3 is 0 Å². The zero-order valence-electron chi connectivity index (χ0n) is 13.4. The van der Waals surface area contributed by atoms with E-state index in [9.17, 15) is 4.79 Å². The van der Waals surface area contributed by atoms with E-state index in [0.29, 0.717) is 19.7 Å². The van der Waals surface area contributed by atoms with Crippen LogP contribution in [0.15, 0.2) is 29.1 Å². The Morgan fingerprint density at radius 1 is 1.25 bits per heavy atom. The van der Waals surface area contributed by atoms with Gasteiger partial charge in [-0.25, -0.2) is 9.97 Å². The Hall–Kier alpha value is -1.99. The van der Waals surface area contributed by atoms with E-state index >= 15 is 0 Å². The average Bonchev–Trinajstić information content (AvgIpc) is 3.35. The van der Waals surface area contributed by atoms with Crippen LogP contribution >= 0.6 is 11.3 Å². The van der Waals surface area contributed by atoms with Crippen LogP contribution in [0.5, 0.6) is 0 Å². The molecule has 0 aliphatic carbocycles. The van der Waals surface area contributed by atoms with Gasteiger partial charge in [0, 0.05) is 31.2 Å². The number of amides is 1. The number of hydrogen-bond donors (Lipinski definition) is 0. The van der Waals surface area contributed by atoms with E-state index in [4.69, 9.17) is 4.74 Å². The highest BCUT2D eigenvalue weighted by molar-refractivity contribution is 7.08. The molecule has 2 saturated heterocycles. The van der Waals surface area contributed by atoms with E-state index < -0.39 is 0 Å². The van der Waals surface area contributed by atoms with Crippen LogP contribution in [0.2, 0.25) is 0 Å². The van der Waals surface area contributed by atoms with Crippen molar-refractivity contribution in [2.75, 3.05) is 37.7 Å². The minimum Gasteiger partial charge on any atom is -0.368 e. The van der Waals surface area contributed by atoms with Crippen molar-refractivity contribution in [2.24, 2.45) is 0 Å². The van der Waals surface area contributed by atoms with Crippen LogP contribution in [-0.4, -0.2) is 53.6 Å². The smallest absolute Gasteiger partial charge is 0.254 e. The van der Waals surface area contributed by atoms with Crippen molar-refractivity contribution in [3.8, 4) is 0 Å². The molecule has 4 rings (SSSR count). The van der Waals surface area contributed by atoms with Gasteiger partial charge in [0.05, 0.1) is 24.4 Å². The van der Waals surface area contributed by atoms with Crippen LogP contribution in [0.4, 0.5) is 5.95 Å². The lowest BCUT2D eigenvalue weighted by Crippen LogP contribution is -2.42. The summed E-state index contributed by atoms with van der Waals surface area (Å²) in [5.41, 5.74) is 1.61. The zero-order valence-corrected chi connectivity index (χ0v) is 14.2. The van der Waals surface area contributed by atoms with Gasteiger partial charge in [0.1, 0.15) is 6.10 Å². The fraction of sp³-hybridized carbons (Fsp3) is 0.471. The van der Waals surface area contributed by atoms with Gasteiger partial charge in [-0.1, -0.05) is 0 Å². The summed E-state index contributed by atoms with van der Waals surface area (Å²) in [5, 5.41) is 3.82. The van der Waals surface area contributed by atoms with Crippen molar-refractivity contribution in [1.82, 2.24) is 14.9 Å². The number of aromatic nitrogens is 2. The van der Waals surface area contributed by atoms with Crippen molar-refractivity contribution in [3.05, 3.63) is 40.3 Å². The van der Waals surface area contributed by atoms with Gasteiger partial charge in [0.2, 0.25) is 5.95 Å². The number of rotatable bonds is 3. The average molecular weight is 344 g/mol. The van der Waals surface area contributed by atoms with Gasteiger partial charge in [-0.15, -0.1) is 0 Å². The number of nitrogens with zero attached hydrogens (tertiary/aromatic N) is 4. The number of anilines is 1. The highest BCUT2D eigenvalue weighted by atomic mass is 32.1. The lowest BCUT2D eigenvalue weighted by Gasteiger charge is -2.32. The molecule has 0 saturated carbocycles. The van der Waals surface area contributed by atoms with Crippen molar-refractivity contribution in [1.29, 1.82) is 0 Å². The van der Waals surface area contributed by atoms with Gasteiger partial charge in [-0.2, -0.15) is 11.3 Å². The number of hydrogen-bond acceptors (Lipinski definition) is 6. The molecule has 2 aliphatic rings. The van der Waals surface area contributed by atoms with E-state index in [0.717, 1.165) is 30.3 Å². The Labute approximate surface area is 145 Å². The van der Waals surface area contributed by atoms with Gasteiger partial charge in [-0.05, 0) is 30.4 Å². The Bertz CT molecular complexity index is 700. The molecule has 2 aromatic heterocycles. The first kappa shape index (κ1) is 15.5. The Morgan fingerprint density at radius 2 is 2.12 bits per heavy atom. The van der Waals surface area contributed by atoms with Crippen molar-refractivity contribution >= 4 is 23.2 Å². The lowest BCUT2D eigenvalue weighted by atomic mass is 10.2. The quantitative estimate of drug-likeness (QED) is 0.855. The normalized spacial score (nSPS) is 21.2. The number of carbonyl (C=O) groups is 1. The topological polar surface area (TPSA) is 58.6 Å². The zero-order chi connectivity index (χ0) is 16.4. The summed E-state index contributed by atoms with van der Waals surface area (Å²) in [6, 6.07) is 3.76. The maximum absolute atomic E-state index is 12.5. The van der Waals surface area contributed by atoms with Crippen molar-refractivity contribution in [2.45, 2.75) is 18.9 Å². The first-order valence-corrected chi connectivity index (χ1v) is 9.26. The summed E-state index contributed by atoms with van der Waals surface area (Å²) in [4.78, 5) is 25.7. The molecular formula is C17H20N4O2S. The molecule has 126 valence electrons. The maximum Gasteiger partial charge on any atom is 0.254 e. The molecular weight excluding hydrogens is 324 g/mol. The minimum absolute atomic E-state index is 0.0679. The summed E-state index contributed by atoms with van der Waals surface area (Å²) in [6.07, 6.45) is 3.98. The Balaban J connectivity index is 1.49. The molecule has 24 heavy (non-hydrogen) atoms. The molecule has 6 nitrogen and oxygen atoms in total. The SMILES string of the molecule is O=C(c1ccsc1)N1CCOC(c2ccnc(N3CCCC3)n2)C1.